The molecule has 1 saturated heterocycles. The monoisotopic (exact) mass is 210 g/mol. The zero-order valence-corrected chi connectivity index (χ0v) is 8.26. The van der Waals surface area contributed by atoms with Gasteiger partial charge in [0.1, 0.15) is 5.60 Å². The van der Waals surface area contributed by atoms with E-state index >= 15 is 0 Å². The minimum atomic E-state index is -3.65. The minimum Gasteiger partial charge on any atom is -0.378 e. The molecule has 1 heterocycles. The van der Waals surface area contributed by atoms with Crippen molar-refractivity contribution in [2.24, 2.45) is 5.14 Å². The molecule has 7 heteroatoms. The first kappa shape index (κ1) is 10.9. The Bertz CT molecular complexity index is 258. The molecular formula is C6H14N2O4S. The highest BCUT2D eigenvalue weighted by Gasteiger charge is 2.35. The molecule has 0 aromatic heterocycles. The van der Waals surface area contributed by atoms with Crippen LogP contribution in [0.2, 0.25) is 0 Å². The van der Waals surface area contributed by atoms with Crippen molar-refractivity contribution in [1.82, 2.24) is 4.72 Å². The normalized spacial score (nSPS) is 29.4. The summed E-state index contributed by atoms with van der Waals surface area (Å²) in [6.45, 7) is 1.13. The van der Waals surface area contributed by atoms with Crippen LogP contribution in [0.5, 0.6) is 0 Å². The quantitative estimate of drug-likeness (QED) is 0.596. The molecule has 6 nitrogen and oxygen atoms in total. The van der Waals surface area contributed by atoms with Crippen LogP contribution in [-0.4, -0.2) is 40.9 Å². The molecule has 0 aromatic carbocycles. The van der Waals surface area contributed by atoms with Crippen LogP contribution < -0.4 is 9.86 Å². The van der Waals surface area contributed by atoms with Gasteiger partial charge in [-0.1, -0.05) is 0 Å². The van der Waals surface area contributed by atoms with E-state index in [4.69, 9.17) is 14.6 Å². The van der Waals surface area contributed by atoms with Crippen LogP contribution in [0.4, 0.5) is 0 Å². The Balaban J connectivity index is 2.50. The van der Waals surface area contributed by atoms with E-state index < -0.39 is 15.8 Å². The first-order valence-electron chi connectivity index (χ1n) is 3.88. The SMILES string of the molecule is COC1(CNS(N)(=O)=O)CCOC1. The number of hydrogen-bond donors (Lipinski definition) is 2. The molecule has 0 aromatic rings. The minimum absolute atomic E-state index is 0.155. The van der Waals surface area contributed by atoms with Crippen LogP contribution in [-0.2, 0) is 19.7 Å². The van der Waals surface area contributed by atoms with Gasteiger partial charge in [-0.25, -0.2) is 5.14 Å². The summed E-state index contributed by atoms with van der Waals surface area (Å²) in [6, 6.07) is 0. The van der Waals surface area contributed by atoms with E-state index in [0.29, 0.717) is 19.6 Å². The topological polar surface area (TPSA) is 90.6 Å². The van der Waals surface area contributed by atoms with Gasteiger partial charge < -0.3 is 9.47 Å². The third-order valence-corrected chi connectivity index (χ3v) is 2.64. The zero-order valence-electron chi connectivity index (χ0n) is 7.45. The van der Waals surface area contributed by atoms with Gasteiger partial charge in [-0.2, -0.15) is 13.1 Å². The second-order valence-electron chi connectivity index (χ2n) is 3.06. The molecule has 3 N–H and O–H groups in total. The summed E-state index contributed by atoms with van der Waals surface area (Å²) in [5.74, 6) is 0. The molecular weight excluding hydrogens is 196 g/mol. The predicted octanol–water partition coefficient (Wildman–Crippen LogP) is -1.41. The van der Waals surface area contributed by atoms with Gasteiger partial charge in [0, 0.05) is 26.7 Å². The summed E-state index contributed by atoms with van der Waals surface area (Å²) < 4.78 is 33.7. The van der Waals surface area contributed by atoms with E-state index in [-0.39, 0.29) is 6.54 Å². The molecule has 0 radical (unpaired) electrons. The van der Waals surface area contributed by atoms with Crippen LogP contribution in [0.1, 0.15) is 6.42 Å². The van der Waals surface area contributed by atoms with Crippen LogP contribution in [0.3, 0.4) is 0 Å². The fraction of sp³-hybridized carbons (Fsp3) is 1.00. The van der Waals surface area contributed by atoms with Crippen molar-refractivity contribution in [2.45, 2.75) is 12.0 Å². The van der Waals surface area contributed by atoms with Crippen LogP contribution >= 0.6 is 0 Å². The molecule has 1 aliphatic rings. The highest BCUT2D eigenvalue weighted by molar-refractivity contribution is 7.87. The Labute approximate surface area is 77.6 Å². The fourth-order valence-corrected chi connectivity index (χ4v) is 1.66. The lowest BCUT2D eigenvalue weighted by atomic mass is 10.0. The average molecular weight is 210 g/mol. The summed E-state index contributed by atoms with van der Waals surface area (Å²) in [7, 11) is -2.12. The molecule has 1 unspecified atom stereocenters. The number of nitrogens with one attached hydrogen (secondary N) is 1. The largest absolute Gasteiger partial charge is 0.378 e. The fourth-order valence-electron chi connectivity index (χ4n) is 1.19. The Hall–Kier alpha value is -0.210. The van der Waals surface area contributed by atoms with Crippen LogP contribution in [0, 0.1) is 0 Å². The number of methoxy groups -OCH3 is 1. The number of ether oxygens (including phenoxy) is 2. The smallest absolute Gasteiger partial charge is 0.274 e. The third kappa shape index (κ3) is 3.20. The summed E-state index contributed by atoms with van der Waals surface area (Å²) in [4.78, 5) is 0. The molecule has 78 valence electrons. The van der Waals surface area contributed by atoms with Crippen molar-refractivity contribution < 1.29 is 17.9 Å². The van der Waals surface area contributed by atoms with Crippen molar-refractivity contribution in [2.75, 3.05) is 26.9 Å². The first-order chi connectivity index (χ1) is 5.97. The van der Waals surface area contributed by atoms with Crippen molar-refractivity contribution in [1.29, 1.82) is 0 Å². The maximum absolute atomic E-state index is 10.6. The summed E-state index contributed by atoms with van der Waals surface area (Å²) in [5.41, 5.74) is -0.549. The van der Waals surface area contributed by atoms with E-state index in [1.165, 1.54) is 7.11 Å². The van der Waals surface area contributed by atoms with Gasteiger partial charge in [-0.05, 0) is 0 Å². The molecule has 0 bridgehead atoms. The maximum atomic E-state index is 10.6. The van der Waals surface area contributed by atoms with Crippen molar-refractivity contribution >= 4 is 10.2 Å². The van der Waals surface area contributed by atoms with E-state index in [2.05, 4.69) is 4.72 Å². The highest BCUT2D eigenvalue weighted by Crippen LogP contribution is 2.21. The van der Waals surface area contributed by atoms with E-state index in [1.54, 1.807) is 0 Å². The van der Waals surface area contributed by atoms with Crippen molar-refractivity contribution in [3.63, 3.8) is 0 Å². The van der Waals surface area contributed by atoms with Crippen molar-refractivity contribution in [3.8, 4) is 0 Å². The zero-order chi connectivity index (χ0) is 9.95. The van der Waals surface area contributed by atoms with Gasteiger partial charge in [-0.15, -0.1) is 0 Å². The summed E-state index contributed by atoms with van der Waals surface area (Å²) in [5, 5.41) is 4.79. The second kappa shape index (κ2) is 3.89. The molecule has 1 atom stereocenters. The number of rotatable bonds is 4. The Morgan fingerprint density at radius 1 is 1.69 bits per heavy atom. The standard InChI is InChI=1S/C6H14N2O4S/c1-11-6(2-3-12-5-6)4-8-13(7,9)10/h8H,2-5H2,1H3,(H2,7,9,10). The van der Waals surface area contributed by atoms with E-state index in [1.807, 2.05) is 0 Å². The van der Waals surface area contributed by atoms with Crippen LogP contribution in [0.25, 0.3) is 0 Å². The van der Waals surface area contributed by atoms with Crippen LogP contribution in [0.15, 0.2) is 0 Å². The van der Waals surface area contributed by atoms with E-state index in [9.17, 15) is 8.42 Å². The number of nitrogens with two attached hydrogens (primary N) is 1. The van der Waals surface area contributed by atoms with Crippen molar-refractivity contribution in [3.05, 3.63) is 0 Å². The first-order valence-corrected chi connectivity index (χ1v) is 5.42. The van der Waals surface area contributed by atoms with E-state index in [0.717, 1.165) is 0 Å². The van der Waals surface area contributed by atoms with Gasteiger partial charge in [0.25, 0.3) is 10.2 Å². The van der Waals surface area contributed by atoms with Gasteiger partial charge in [-0.3, -0.25) is 0 Å². The third-order valence-electron chi connectivity index (χ3n) is 2.10. The second-order valence-corrected chi connectivity index (χ2v) is 4.43. The lowest BCUT2D eigenvalue weighted by molar-refractivity contribution is -0.0120. The Morgan fingerprint density at radius 2 is 2.38 bits per heavy atom. The Kier molecular flexibility index (Phi) is 3.25. The lowest BCUT2D eigenvalue weighted by Gasteiger charge is -2.25. The average Bonchev–Trinajstić information content (AvgIpc) is 2.49. The van der Waals surface area contributed by atoms with Gasteiger partial charge >= 0.3 is 0 Å². The van der Waals surface area contributed by atoms with Gasteiger partial charge in [0.15, 0.2) is 0 Å². The molecule has 13 heavy (non-hydrogen) atoms. The Morgan fingerprint density at radius 3 is 2.77 bits per heavy atom. The molecule has 0 aliphatic carbocycles. The molecule has 0 spiro atoms. The highest BCUT2D eigenvalue weighted by atomic mass is 32.2. The molecule has 0 amide bonds. The molecule has 1 fully saturated rings. The van der Waals surface area contributed by atoms with Gasteiger partial charge in [0.2, 0.25) is 0 Å². The lowest BCUT2D eigenvalue weighted by Crippen LogP contribution is -2.46. The number of hydrogen-bond acceptors (Lipinski definition) is 4. The predicted molar refractivity (Wildman–Crippen MR) is 46.3 cm³/mol. The molecule has 1 aliphatic heterocycles. The summed E-state index contributed by atoms with van der Waals surface area (Å²) >= 11 is 0. The summed E-state index contributed by atoms with van der Waals surface area (Å²) in [6.07, 6.45) is 0.673. The molecule has 1 rings (SSSR count). The maximum Gasteiger partial charge on any atom is 0.274 e. The molecule has 0 saturated carbocycles. The van der Waals surface area contributed by atoms with Gasteiger partial charge in [0.05, 0.1) is 6.61 Å².